The SMILES string of the molecule is CCCCCCCCCCCC=C[C@H]1CCC(=O)[C@@H]1CC(C)=C=CCC(O)(O)C(=O)O. The number of Topliss-reactive ketones (excluding diaryl/α,β-unsaturated/α-hetero) is 1. The molecular weight excluding hydrogens is 392 g/mol. The Bertz CT molecular complexity index is 640. The van der Waals surface area contributed by atoms with Gasteiger partial charge in [-0.3, -0.25) is 4.79 Å². The van der Waals surface area contributed by atoms with Crippen LogP contribution in [0.15, 0.2) is 29.5 Å². The molecule has 1 saturated carbocycles. The molecule has 0 aliphatic heterocycles. The van der Waals surface area contributed by atoms with Crippen LogP contribution in [0.5, 0.6) is 0 Å². The van der Waals surface area contributed by atoms with Crippen LogP contribution < -0.4 is 0 Å². The van der Waals surface area contributed by atoms with E-state index in [4.69, 9.17) is 5.11 Å². The van der Waals surface area contributed by atoms with Gasteiger partial charge >= 0.3 is 5.97 Å². The molecule has 0 spiro atoms. The van der Waals surface area contributed by atoms with Gasteiger partial charge in [0.1, 0.15) is 5.78 Å². The molecule has 2 atom stereocenters. The number of unbranched alkanes of at least 4 members (excludes halogenated alkanes) is 9. The second-order valence-corrected chi connectivity index (χ2v) is 8.98. The van der Waals surface area contributed by atoms with E-state index in [1.165, 1.54) is 63.9 Å². The van der Waals surface area contributed by atoms with Gasteiger partial charge in [0, 0.05) is 18.8 Å². The summed E-state index contributed by atoms with van der Waals surface area (Å²) in [6.07, 6.45) is 20.3. The molecule has 0 heterocycles. The molecule has 0 radical (unpaired) electrons. The molecule has 1 aliphatic carbocycles. The van der Waals surface area contributed by atoms with Crippen molar-refractivity contribution >= 4 is 11.8 Å². The Labute approximate surface area is 187 Å². The molecule has 0 unspecified atom stereocenters. The fraction of sp³-hybridized carbons (Fsp3) is 0.731. The second kappa shape index (κ2) is 15.2. The molecule has 1 fully saturated rings. The minimum Gasteiger partial charge on any atom is -0.477 e. The molecule has 176 valence electrons. The number of hydrogen-bond acceptors (Lipinski definition) is 4. The van der Waals surface area contributed by atoms with Gasteiger partial charge in [0.15, 0.2) is 0 Å². The number of aliphatic hydroxyl groups is 2. The van der Waals surface area contributed by atoms with Crippen molar-refractivity contribution in [2.24, 2.45) is 11.8 Å². The smallest absolute Gasteiger partial charge is 0.364 e. The molecule has 1 aliphatic rings. The van der Waals surface area contributed by atoms with Crippen LogP contribution in [0, 0.1) is 11.8 Å². The number of carboxylic acid groups (broad SMARTS) is 1. The maximum atomic E-state index is 12.3. The van der Waals surface area contributed by atoms with Crippen molar-refractivity contribution < 1.29 is 24.9 Å². The van der Waals surface area contributed by atoms with E-state index in [1.807, 2.05) is 6.92 Å². The zero-order valence-electron chi connectivity index (χ0n) is 19.4. The van der Waals surface area contributed by atoms with Crippen LogP contribution in [-0.4, -0.2) is 32.9 Å². The van der Waals surface area contributed by atoms with Gasteiger partial charge in [-0.15, -0.1) is 5.73 Å². The molecule has 31 heavy (non-hydrogen) atoms. The highest BCUT2D eigenvalue weighted by atomic mass is 16.5. The van der Waals surface area contributed by atoms with Crippen molar-refractivity contribution in [3.8, 4) is 0 Å². The summed E-state index contributed by atoms with van der Waals surface area (Å²) in [4.78, 5) is 23.0. The summed E-state index contributed by atoms with van der Waals surface area (Å²) in [5, 5.41) is 27.3. The lowest BCUT2D eigenvalue weighted by Crippen LogP contribution is -2.37. The number of aliphatic carboxylic acids is 1. The highest BCUT2D eigenvalue weighted by Gasteiger charge is 2.33. The van der Waals surface area contributed by atoms with Gasteiger partial charge in [0.2, 0.25) is 0 Å². The minimum atomic E-state index is -2.78. The van der Waals surface area contributed by atoms with E-state index in [-0.39, 0.29) is 17.6 Å². The van der Waals surface area contributed by atoms with Gasteiger partial charge in [-0.1, -0.05) is 70.4 Å². The number of ketones is 1. The molecule has 0 aromatic rings. The molecule has 5 nitrogen and oxygen atoms in total. The van der Waals surface area contributed by atoms with Crippen LogP contribution >= 0.6 is 0 Å². The second-order valence-electron chi connectivity index (χ2n) is 8.98. The van der Waals surface area contributed by atoms with E-state index in [0.717, 1.165) is 18.4 Å². The zero-order valence-corrected chi connectivity index (χ0v) is 19.4. The number of rotatable bonds is 16. The third-order valence-electron chi connectivity index (χ3n) is 6.12. The summed E-state index contributed by atoms with van der Waals surface area (Å²) >= 11 is 0. The van der Waals surface area contributed by atoms with Crippen molar-refractivity contribution in [2.75, 3.05) is 0 Å². The third-order valence-corrected chi connectivity index (χ3v) is 6.12. The van der Waals surface area contributed by atoms with Gasteiger partial charge < -0.3 is 15.3 Å². The summed E-state index contributed by atoms with van der Waals surface area (Å²) in [7, 11) is 0. The normalized spacial score (nSPS) is 19.0. The van der Waals surface area contributed by atoms with E-state index < -0.39 is 18.2 Å². The van der Waals surface area contributed by atoms with E-state index in [1.54, 1.807) is 0 Å². The summed E-state index contributed by atoms with van der Waals surface area (Å²) in [6, 6.07) is 0. The highest BCUT2D eigenvalue weighted by molar-refractivity contribution is 5.84. The Kier molecular flexibility index (Phi) is 13.4. The van der Waals surface area contributed by atoms with E-state index in [9.17, 15) is 19.8 Å². The Morgan fingerprint density at radius 2 is 1.71 bits per heavy atom. The predicted octanol–water partition coefficient (Wildman–Crippen LogP) is 5.71. The monoisotopic (exact) mass is 434 g/mol. The van der Waals surface area contributed by atoms with Crippen molar-refractivity contribution in [3.05, 3.63) is 29.5 Å². The largest absolute Gasteiger partial charge is 0.477 e. The Morgan fingerprint density at radius 3 is 2.32 bits per heavy atom. The molecule has 0 bridgehead atoms. The lowest BCUT2D eigenvalue weighted by molar-refractivity contribution is -0.201. The predicted molar refractivity (Wildman–Crippen MR) is 124 cm³/mol. The van der Waals surface area contributed by atoms with Crippen LogP contribution in [0.3, 0.4) is 0 Å². The topological polar surface area (TPSA) is 94.8 Å². The van der Waals surface area contributed by atoms with E-state index >= 15 is 0 Å². The van der Waals surface area contributed by atoms with Gasteiger partial charge in [-0.05, 0) is 50.2 Å². The Hall–Kier alpha value is -1.68. The van der Waals surface area contributed by atoms with Crippen LogP contribution in [0.1, 0.15) is 104 Å². The van der Waals surface area contributed by atoms with Crippen LogP contribution in [0.4, 0.5) is 0 Å². The van der Waals surface area contributed by atoms with Gasteiger partial charge in [-0.25, -0.2) is 4.79 Å². The first kappa shape index (κ1) is 27.4. The number of carboxylic acids is 1. The quantitative estimate of drug-likeness (QED) is 0.125. The number of carbonyl (C=O) groups is 2. The van der Waals surface area contributed by atoms with Gasteiger partial charge in [-0.2, -0.15) is 0 Å². The zero-order chi connectivity index (χ0) is 23.1. The molecular formula is C26H42O5. The molecule has 0 aromatic heterocycles. The van der Waals surface area contributed by atoms with Crippen molar-refractivity contribution in [2.45, 2.75) is 110 Å². The van der Waals surface area contributed by atoms with Gasteiger partial charge in [0.05, 0.1) is 0 Å². The van der Waals surface area contributed by atoms with Crippen LogP contribution in [0.25, 0.3) is 0 Å². The number of hydrogen-bond donors (Lipinski definition) is 3. The van der Waals surface area contributed by atoms with Crippen molar-refractivity contribution in [1.29, 1.82) is 0 Å². The highest BCUT2D eigenvalue weighted by Crippen LogP contribution is 2.34. The molecule has 0 amide bonds. The molecule has 1 rings (SSSR count). The van der Waals surface area contributed by atoms with Crippen LogP contribution in [-0.2, 0) is 9.59 Å². The lowest BCUT2D eigenvalue weighted by Gasteiger charge is -2.15. The molecule has 0 saturated heterocycles. The summed E-state index contributed by atoms with van der Waals surface area (Å²) in [5.41, 5.74) is 3.72. The molecule has 3 N–H and O–H groups in total. The van der Waals surface area contributed by atoms with Gasteiger partial charge in [0.25, 0.3) is 5.79 Å². The van der Waals surface area contributed by atoms with Crippen LogP contribution in [0.2, 0.25) is 0 Å². The summed E-state index contributed by atoms with van der Waals surface area (Å²) in [5.74, 6) is -4.02. The first-order chi connectivity index (χ1) is 14.8. The fourth-order valence-corrected chi connectivity index (χ4v) is 4.12. The Morgan fingerprint density at radius 1 is 1.10 bits per heavy atom. The average molecular weight is 435 g/mol. The molecule has 5 heteroatoms. The average Bonchev–Trinajstić information content (AvgIpc) is 3.05. The van der Waals surface area contributed by atoms with Crippen molar-refractivity contribution in [3.63, 3.8) is 0 Å². The first-order valence-electron chi connectivity index (χ1n) is 12.1. The molecule has 0 aromatic carbocycles. The number of allylic oxidation sites excluding steroid dienone is 2. The maximum Gasteiger partial charge on any atom is 0.364 e. The Balaban J connectivity index is 2.35. The maximum absolute atomic E-state index is 12.3. The van der Waals surface area contributed by atoms with Crippen molar-refractivity contribution in [1.82, 2.24) is 0 Å². The standard InChI is InChI=1S/C26H42O5/c1-3-4-5-6-7-8-9-10-11-12-13-16-22-17-18-24(27)23(22)20-21(2)15-14-19-26(30,31)25(28)29/h13-14,16,22-23,30-31H,3-12,17-20H2,1-2H3,(H,28,29)/t15?,22-,23+/m0/s1. The van der Waals surface area contributed by atoms with E-state index in [0.29, 0.717) is 12.8 Å². The third kappa shape index (κ3) is 11.5. The summed E-state index contributed by atoms with van der Waals surface area (Å²) < 4.78 is 0. The number of carbonyl (C=O) groups excluding carboxylic acids is 1. The van der Waals surface area contributed by atoms with E-state index in [2.05, 4.69) is 24.8 Å². The minimum absolute atomic E-state index is 0.0623. The fourth-order valence-electron chi connectivity index (χ4n) is 4.12. The summed E-state index contributed by atoms with van der Waals surface area (Å²) in [6.45, 7) is 4.08. The first-order valence-corrected chi connectivity index (χ1v) is 12.1. The lowest BCUT2D eigenvalue weighted by atomic mass is 9.89.